The average Bonchev–Trinajstić information content (AvgIpc) is 3.00. The monoisotopic (exact) mass is 352 g/mol. The molecule has 1 aromatic heterocycles. The lowest BCUT2D eigenvalue weighted by Gasteiger charge is -2.45. The molecular weight excluding hydrogens is 336 g/mol. The van der Waals surface area contributed by atoms with E-state index >= 15 is 0 Å². The normalized spacial score (nSPS) is 27.3. The molecule has 7 rings (SSSR count). The van der Waals surface area contributed by atoms with E-state index in [1.165, 1.54) is 27.2 Å². The van der Waals surface area contributed by atoms with Crippen LogP contribution in [0.1, 0.15) is 34.1 Å². The standard InChI is InChI=1S/C23H16N2O2/c26-22-20-18-14-7-1-2-8-15(14)19(17-10-4-3-9-16(17)18)21(20)23(27)25(22)13-6-5-11-24-12-13/h1-12,18-21H/t18?,19?,20-,21-/m1/s1. The van der Waals surface area contributed by atoms with Gasteiger partial charge in [-0.2, -0.15) is 0 Å². The van der Waals surface area contributed by atoms with E-state index < -0.39 is 0 Å². The van der Waals surface area contributed by atoms with E-state index in [-0.39, 0.29) is 35.5 Å². The first-order valence-electron chi connectivity index (χ1n) is 9.23. The Morgan fingerprint density at radius 2 is 1.15 bits per heavy atom. The number of anilines is 1. The van der Waals surface area contributed by atoms with E-state index in [1.807, 2.05) is 24.3 Å². The van der Waals surface area contributed by atoms with Gasteiger partial charge >= 0.3 is 0 Å². The minimum absolute atomic E-state index is 0.0643. The minimum Gasteiger partial charge on any atom is -0.274 e. The van der Waals surface area contributed by atoms with E-state index in [1.54, 1.807) is 24.5 Å². The molecule has 0 radical (unpaired) electrons. The molecule has 2 atom stereocenters. The van der Waals surface area contributed by atoms with Gasteiger partial charge < -0.3 is 0 Å². The zero-order valence-corrected chi connectivity index (χ0v) is 14.4. The van der Waals surface area contributed by atoms with Gasteiger partial charge in [-0.25, -0.2) is 4.90 Å². The number of imide groups is 1. The lowest BCUT2D eigenvalue weighted by atomic mass is 9.55. The van der Waals surface area contributed by atoms with Gasteiger partial charge in [0.2, 0.25) is 11.8 Å². The average molecular weight is 352 g/mol. The SMILES string of the molecule is O=C1[C@@H]2C3c4ccccc4C(c4ccccc43)[C@H]2C(=O)N1c1cccnc1. The van der Waals surface area contributed by atoms with Crippen LogP contribution in [0.2, 0.25) is 0 Å². The van der Waals surface area contributed by atoms with E-state index in [4.69, 9.17) is 0 Å². The maximum Gasteiger partial charge on any atom is 0.238 e. The van der Waals surface area contributed by atoms with Crippen molar-refractivity contribution in [3.05, 3.63) is 95.3 Å². The Bertz CT molecular complexity index is 993. The van der Waals surface area contributed by atoms with Gasteiger partial charge in [0, 0.05) is 18.0 Å². The Balaban J connectivity index is 1.60. The Hall–Kier alpha value is -3.27. The van der Waals surface area contributed by atoms with E-state index in [2.05, 4.69) is 29.2 Å². The van der Waals surface area contributed by atoms with Gasteiger partial charge in [0.25, 0.3) is 0 Å². The molecule has 2 aromatic carbocycles. The molecule has 4 aliphatic rings. The van der Waals surface area contributed by atoms with Crippen molar-refractivity contribution in [2.45, 2.75) is 11.8 Å². The quantitative estimate of drug-likeness (QED) is 0.630. The van der Waals surface area contributed by atoms with Crippen LogP contribution in [0.4, 0.5) is 5.69 Å². The van der Waals surface area contributed by atoms with Gasteiger partial charge in [-0.1, -0.05) is 48.5 Å². The number of aromatic nitrogens is 1. The largest absolute Gasteiger partial charge is 0.274 e. The molecule has 1 aliphatic heterocycles. The van der Waals surface area contributed by atoms with Crippen molar-refractivity contribution < 1.29 is 9.59 Å². The van der Waals surface area contributed by atoms with E-state index in [0.29, 0.717) is 5.69 Å². The third kappa shape index (κ3) is 1.75. The highest BCUT2D eigenvalue weighted by molar-refractivity contribution is 6.23. The Morgan fingerprint density at radius 1 is 0.667 bits per heavy atom. The lowest BCUT2D eigenvalue weighted by Crippen LogP contribution is -2.41. The zero-order chi connectivity index (χ0) is 18.1. The Labute approximate surface area is 156 Å². The predicted molar refractivity (Wildman–Crippen MR) is 100 cm³/mol. The third-order valence-electron chi connectivity index (χ3n) is 6.35. The van der Waals surface area contributed by atoms with Gasteiger partial charge in [0.05, 0.1) is 23.7 Å². The second kappa shape index (κ2) is 5.13. The fourth-order valence-corrected chi connectivity index (χ4v) is 5.42. The smallest absolute Gasteiger partial charge is 0.238 e. The predicted octanol–water partition coefficient (Wildman–Crippen LogP) is 3.48. The van der Waals surface area contributed by atoms with Gasteiger partial charge in [-0.15, -0.1) is 0 Å². The fraction of sp³-hybridized carbons (Fsp3) is 0.174. The fourth-order valence-electron chi connectivity index (χ4n) is 5.42. The summed E-state index contributed by atoms with van der Waals surface area (Å²) in [6.07, 6.45) is 3.24. The molecular formula is C23H16N2O2. The van der Waals surface area contributed by atoms with Crippen LogP contribution in [0, 0.1) is 11.8 Å². The summed E-state index contributed by atoms with van der Waals surface area (Å²) in [5.74, 6) is -1.01. The topological polar surface area (TPSA) is 50.3 Å². The summed E-state index contributed by atoms with van der Waals surface area (Å²) in [6, 6.07) is 20.1. The summed E-state index contributed by atoms with van der Waals surface area (Å²) in [4.78, 5) is 32.3. The van der Waals surface area contributed by atoms with Crippen molar-refractivity contribution in [2.24, 2.45) is 11.8 Å². The number of benzene rings is 2. The number of hydrogen-bond acceptors (Lipinski definition) is 3. The Morgan fingerprint density at radius 3 is 1.56 bits per heavy atom. The van der Waals surface area contributed by atoms with Crippen LogP contribution in [-0.4, -0.2) is 16.8 Å². The molecule has 0 unspecified atom stereocenters. The molecule has 27 heavy (non-hydrogen) atoms. The van der Waals surface area contributed by atoms with Gasteiger partial charge in [-0.3, -0.25) is 14.6 Å². The molecule has 0 N–H and O–H groups in total. The molecule has 130 valence electrons. The van der Waals surface area contributed by atoms with Gasteiger partial charge in [-0.05, 0) is 34.4 Å². The molecule has 2 bridgehead atoms. The van der Waals surface area contributed by atoms with Crippen molar-refractivity contribution in [3.8, 4) is 0 Å². The molecule has 2 amide bonds. The maximum absolute atomic E-state index is 13.4. The van der Waals surface area contributed by atoms with Crippen LogP contribution >= 0.6 is 0 Å². The van der Waals surface area contributed by atoms with Crippen molar-refractivity contribution >= 4 is 17.5 Å². The lowest BCUT2D eigenvalue weighted by molar-refractivity contribution is -0.122. The van der Waals surface area contributed by atoms with Gasteiger partial charge in [0.1, 0.15) is 0 Å². The summed E-state index contributed by atoms with van der Waals surface area (Å²) in [6.45, 7) is 0. The first-order valence-corrected chi connectivity index (χ1v) is 9.23. The first-order chi connectivity index (χ1) is 13.3. The Kier molecular flexibility index (Phi) is 2.82. The highest BCUT2D eigenvalue weighted by atomic mass is 16.2. The minimum atomic E-state index is -0.340. The maximum atomic E-state index is 13.4. The number of rotatable bonds is 1. The summed E-state index contributed by atoms with van der Waals surface area (Å²) in [5.41, 5.74) is 5.33. The van der Waals surface area contributed by atoms with Crippen molar-refractivity contribution in [1.29, 1.82) is 0 Å². The third-order valence-corrected chi connectivity index (χ3v) is 6.35. The second-order valence-corrected chi connectivity index (χ2v) is 7.49. The second-order valence-electron chi connectivity index (χ2n) is 7.49. The zero-order valence-electron chi connectivity index (χ0n) is 14.4. The van der Waals surface area contributed by atoms with Crippen LogP contribution in [0.25, 0.3) is 0 Å². The molecule has 1 fully saturated rings. The van der Waals surface area contributed by atoms with E-state index in [0.717, 1.165) is 0 Å². The number of carbonyl (C=O) groups is 2. The number of hydrogen-bond donors (Lipinski definition) is 0. The van der Waals surface area contributed by atoms with Gasteiger partial charge in [0.15, 0.2) is 0 Å². The van der Waals surface area contributed by atoms with Crippen LogP contribution in [0.15, 0.2) is 73.1 Å². The highest BCUT2D eigenvalue weighted by Crippen LogP contribution is 2.61. The van der Waals surface area contributed by atoms with Crippen LogP contribution < -0.4 is 4.90 Å². The summed E-state index contributed by atoms with van der Waals surface area (Å²) < 4.78 is 0. The van der Waals surface area contributed by atoms with E-state index in [9.17, 15) is 9.59 Å². The first kappa shape index (κ1) is 14.9. The molecule has 3 aliphatic carbocycles. The number of amides is 2. The summed E-state index contributed by atoms with van der Waals surface area (Å²) >= 11 is 0. The number of pyridine rings is 1. The van der Waals surface area contributed by atoms with Crippen LogP contribution in [0.5, 0.6) is 0 Å². The van der Waals surface area contributed by atoms with Crippen molar-refractivity contribution in [1.82, 2.24) is 4.98 Å². The molecule has 1 saturated heterocycles. The summed E-state index contributed by atoms with van der Waals surface area (Å²) in [5, 5.41) is 0. The number of nitrogens with zero attached hydrogens (tertiary/aromatic N) is 2. The molecule has 4 nitrogen and oxygen atoms in total. The molecule has 4 heteroatoms. The highest BCUT2D eigenvalue weighted by Gasteiger charge is 2.61. The molecule has 0 saturated carbocycles. The number of carbonyl (C=O) groups excluding carboxylic acids is 2. The molecule has 0 spiro atoms. The van der Waals surface area contributed by atoms with Crippen molar-refractivity contribution in [3.63, 3.8) is 0 Å². The van der Waals surface area contributed by atoms with Crippen molar-refractivity contribution in [2.75, 3.05) is 4.90 Å². The molecule has 3 aromatic rings. The van der Waals surface area contributed by atoms with Crippen LogP contribution in [-0.2, 0) is 9.59 Å². The van der Waals surface area contributed by atoms with Crippen LogP contribution in [0.3, 0.4) is 0 Å². The summed E-state index contributed by atoms with van der Waals surface area (Å²) in [7, 11) is 0. The molecule has 2 heterocycles.